The lowest BCUT2D eigenvalue weighted by Gasteiger charge is -2.31. The number of nitrogens with one attached hydrogen (secondary N) is 3. The summed E-state index contributed by atoms with van der Waals surface area (Å²) in [6, 6.07) is 12.4. The minimum absolute atomic E-state index is 0.239. The monoisotopic (exact) mass is 405 g/mol. The molecule has 1 atom stereocenters. The summed E-state index contributed by atoms with van der Waals surface area (Å²) >= 11 is 17.8. The molecule has 7 heteroatoms. The average Bonchev–Trinajstić information content (AvgIpc) is 2.56. The molecule has 0 saturated heterocycles. The van der Waals surface area contributed by atoms with Gasteiger partial charge in [0.05, 0.1) is 21.7 Å². The summed E-state index contributed by atoms with van der Waals surface area (Å²) in [6.45, 7) is 3.78. The predicted octanol–water partition coefficient (Wildman–Crippen LogP) is 4.73. The fourth-order valence-electron chi connectivity index (χ4n) is 2.89. The maximum atomic E-state index is 13.0. The van der Waals surface area contributed by atoms with E-state index in [1.165, 1.54) is 0 Å². The van der Waals surface area contributed by atoms with E-state index in [0.717, 1.165) is 11.3 Å². The Kier molecular flexibility index (Phi) is 5.51. The number of rotatable bonds is 3. The van der Waals surface area contributed by atoms with Crippen molar-refractivity contribution >= 4 is 52.1 Å². The van der Waals surface area contributed by atoms with Crippen LogP contribution < -0.4 is 16.0 Å². The maximum absolute atomic E-state index is 13.0. The summed E-state index contributed by atoms with van der Waals surface area (Å²) in [5.41, 5.74) is 3.64. The van der Waals surface area contributed by atoms with Crippen molar-refractivity contribution in [3.63, 3.8) is 0 Å². The van der Waals surface area contributed by atoms with Crippen LogP contribution in [0.4, 0.5) is 5.69 Å². The minimum Gasteiger partial charge on any atom is -0.351 e. The smallest absolute Gasteiger partial charge is 0.255 e. The predicted molar refractivity (Wildman–Crippen MR) is 111 cm³/mol. The molecule has 2 aromatic rings. The van der Waals surface area contributed by atoms with Crippen LogP contribution in [0.15, 0.2) is 53.7 Å². The first-order valence-electron chi connectivity index (χ1n) is 7.97. The second-order valence-corrected chi connectivity index (χ2v) is 7.23. The number of hydrogen-bond acceptors (Lipinski definition) is 2. The van der Waals surface area contributed by atoms with Crippen LogP contribution in [-0.2, 0) is 4.79 Å². The molecule has 1 amide bonds. The van der Waals surface area contributed by atoms with E-state index in [9.17, 15) is 4.79 Å². The topological polar surface area (TPSA) is 53.2 Å². The van der Waals surface area contributed by atoms with Gasteiger partial charge >= 0.3 is 0 Å². The quantitative estimate of drug-likeness (QED) is 0.645. The van der Waals surface area contributed by atoms with E-state index in [1.54, 1.807) is 12.1 Å². The number of hydrogen-bond donors (Lipinski definition) is 3. The molecular weight excluding hydrogens is 389 g/mol. The summed E-state index contributed by atoms with van der Waals surface area (Å²) in [7, 11) is 0. The molecule has 4 nitrogen and oxygen atoms in total. The van der Waals surface area contributed by atoms with Crippen molar-refractivity contribution < 1.29 is 4.79 Å². The number of aryl methyl sites for hydroxylation is 1. The van der Waals surface area contributed by atoms with Crippen molar-refractivity contribution in [2.45, 2.75) is 19.9 Å². The van der Waals surface area contributed by atoms with Crippen LogP contribution in [0, 0.1) is 6.92 Å². The molecule has 1 aliphatic heterocycles. The molecule has 0 bridgehead atoms. The number of benzene rings is 2. The third kappa shape index (κ3) is 3.85. The van der Waals surface area contributed by atoms with Crippen LogP contribution in [0.5, 0.6) is 0 Å². The van der Waals surface area contributed by atoms with E-state index in [-0.39, 0.29) is 5.91 Å². The Balaban J connectivity index is 2.00. The van der Waals surface area contributed by atoms with Crippen molar-refractivity contribution in [1.82, 2.24) is 10.6 Å². The van der Waals surface area contributed by atoms with Crippen molar-refractivity contribution in [2.75, 3.05) is 5.32 Å². The van der Waals surface area contributed by atoms with Crippen LogP contribution in [0.3, 0.4) is 0 Å². The summed E-state index contributed by atoms with van der Waals surface area (Å²) in [5.74, 6) is -0.239. The molecule has 0 fully saturated rings. The van der Waals surface area contributed by atoms with Gasteiger partial charge in [0.1, 0.15) is 0 Å². The third-order valence-electron chi connectivity index (χ3n) is 4.08. The Morgan fingerprint density at radius 2 is 1.88 bits per heavy atom. The van der Waals surface area contributed by atoms with Gasteiger partial charge in [-0.2, -0.15) is 0 Å². The van der Waals surface area contributed by atoms with Gasteiger partial charge in [0, 0.05) is 11.4 Å². The Bertz CT molecular complexity index is 927. The number of amides is 1. The van der Waals surface area contributed by atoms with Gasteiger partial charge < -0.3 is 16.0 Å². The highest BCUT2D eigenvalue weighted by molar-refractivity contribution is 7.80. The van der Waals surface area contributed by atoms with Gasteiger partial charge in [0.2, 0.25) is 0 Å². The van der Waals surface area contributed by atoms with Crippen LogP contribution in [-0.4, -0.2) is 11.0 Å². The Labute approximate surface area is 167 Å². The second kappa shape index (κ2) is 7.66. The summed E-state index contributed by atoms with van der Waals surface area (Å²) < 4.78 is 0. The van der Waals surface area contributed by atoms with Crippen LogP contribution in [0.25, 0.3) is 0 Å². The Hall–Kier alpha value is -2.08. The molecular formula is C19H17Cl2N3OS. The third-order valence-corrected chi connectivity index (χ3v) is 5.14. The molecule has 0 saturated carbocycles. The molecule has 0 unspecified atom stereocenters. The van der Waals surface area contributed by atoms with Gasteiger partial charge in [-0.1, -0.05) is 47.5 Å². The van der Waals surface area contributed by atoms with E-state index in [4.69, 9.17) is 35.4 Å². The molecule has 3 rings (SSSR count). The largest absolute Gasteiger partial charge is 0.351 e. The van der Waals surface area contributed by atoms with Crippen molar-refractivity contribution in [1.29, 1.82) is 0 Å². The van der Waals surface area contributed by atoms with Gasteiger partial charge in [-0.05, 0) is 55.4 Å². The molecule has 1 heterocycles. The number of carbonyl (C=O) groups is 1. The number of thiocarbonyl (C=S) groups is 1. The first kappa shape index (κ1) is 18.7. The molecule has 0 spiro atoms. The molecule has 3 N–H and O–H groups in total. The second-order valence-electron chi connectivity index (χ2n) is 6.04. The number of halogens is 2. The van der Waals surface area contributed by atoms with E-state index in [2.05, 4.69) is 16.0 Å². The Morgan fingerprint density at radius 1 is 1.15 bits per heavy atom. The first-order valence-corrected chi connectivity index (χ1v) is 9.13. The zero-order valence-corrected chi connectivity index (χ0v) is 16.5. The lowest BCUT2D eigenvalue weighted by molar-refractivity contribution is -0.113. The molecule has 0 radical (unpaired) electrons. The van der Waals surface area contributed by atoms with Gasteiger partial charge in [0.15, 0.2) is 5.11 Å². The Morgan fingerprint density at radius 3 is 2.62 bits per heavy atom. The molecule has 26 heavy (non-hydrogen) atoms. The molecule has 0 aromatic heterocycles. The van der Waals surface area contributed by atoms with Crippen molar-refractivity contribution in [3.05, 3.63) is 74.9 Å². The number of carbonyl (C=O) groups excluding carboxylic acids is 1. The first-order chi connectivity index (χ1) is 12.4. The summed E-state index contributed by atoms with van der Waals surface area (Å²) in [5, 5.41) is 10.3. The average molecular weight is 406 g/mol. The fraction of sp³-hybridized carbons (Fsp3) is 0.158. The maximum Gasteiger partial charge on any atom is 0.255 e. The van der Waals surface area contributed by atoms with E-state index < -0.39 is 6.04 Å². The zero-order chi connectivity index (χ0) is 18.8. The molecule has 0 aliphatic carbocycles. The van der Waals surface area contributed by atoms with Crippen molar-refractivity contribution in [2.24, 2.45) is 0 Å². The van der Waals surface area contributed by atoms with Crippen LogP contribution in [0.1, 0.15) is 24.1 Å². The van der Waals surface area contributed by atoms with Gasteiger partial charge in [0.25, 0.3) is 5.91 Å². The number of anilines is 1. The summed E-state index contributed by atoms with van der Waals surface area (Å²) in [4.78, 5) is 13.0. The normalized spacial score (nSPS) is 16.8. The zero-order valence-electron chi connectivity index (χ0n) is 14.2. The lowest BCUT2D eigenvalue weighted by atomic mass is 9.94. The number of allylic oxidation sites excluding steroid dienone is 1. The van der Waals surface area contributed by atoms with E-state index in [1.807, 2.05) is 44.2 Å². The minimum atomic E-state index is -0.500. The fourth-order valence-corrected chi connectivity index (χ4v) is 3.58. The van der Waals surface area contributed by atoms with Crippen LogP contribution in [0.2, 0.25) is 10.0 Å². The van der Waals surface area contributed by atoms with Gasteiger partial charge in [-0.15, -0.1) is 0 Å². The lowest BCUT2D eigenvalue weighted by Crippen LogP contribution is -2.45. The van der Waals surface area contributed by atoms with Crippen LogP contribution >= 0.6 is 35.4 Å². The van der Waals surface area contributed by atoms with E-state index >= 15 is 0 Å². The van der Waals surface area contributed by atoms with Gasteiger partial charge in [-0.25, -0.2) is 0 Å². The molecule has 134 valence electrons. The van der Waals surface area contributed by atoms with Crippen molar-refractivity contribution in [3.8, 4) is 0 Å². The highest BCUT2D eigenvalue weighted by atomic mass is 35.5. The summed E-state index contributed by atoms with van der Waals surface area (Å²) in [6.07, 6.45) is 0. The standard InChI is InChI=1S/C19H17Cl2N3OS/c1-10-5-3-6-12(9-10)23-18(25)15-11(2)22-19(26)24-17(15)13-7-4-8-14(20)16(13)21/h3-9,17H,1-2H3,(H,23,25)(H2,22,24,26)/t17-/m0/s1. The highest BCUT2D eigenvalue weighted by Crippen LogP contribution is 2.35. The van der Waals surface area contributed by atoms with Gasteiger partial charge in [-0.3, -0.25) is 4.79 Å². The SMILES string of the molecule is CC1=C(C(=O)Nc2cccc(C)c2)[C@H](c2cccc(Cl)c2Cl)NC(=S)N1. The van der Waals surface area contributed by atoms with E-state index in [0.29, 0.717) is 32.0 Å². The highest BCUT2D eigenvalue weighted by Gasteiger charge is 2.31. The molecule has 1 aliphatic rings. The molecule has 2 aromatic carbocycles.